The van der Waals surface area contributed by atoms with Crippen molar-refractivity contribution in [3.63, 3.8) is 0 Å². The van der Waals surface area contributed by atoms with Crippen LogP contribution in [0.25, 0.3) is 0 Å². The summed E-state index contributed by atoms with van der Waals surface area (Å²) in [4.78, 5) is 1.09. The molecule has 0 radical (unpaired) electrons. The maximum atomic E-state index is 3.86. The molecule has 0 spiro atoms. The van der Waals surface area contributed by atoms with Crippen molar-refractivity contribution in [2.45, 2.75) is 26.7 Å². The summed E-state index contributed by atoms with van der Waals surface area (Å²) in [5, 5.41) is 0. The van der Waals surface area contributed by atoms with E-state index in [2.05, 4.69) is 27.0 Å². The zero-order valence-corrected chi connectivity index (χ0v) is 8.41. The molecule has 0 aliphatic rings. The molecule has 1 heteroatoms. The molecule has 0 aromatic carbocycles. The Balaban J connectivity index is 3.49. The van der Waals surface area contributed by atoms with Gasteiger partial charge in [0.1, 0.15) is 0 Å². The average molecular weight is 170 g/mol. The second kappa shape index (κ2) is 6.53. The SMILES string of the molecule is C=CC(=C)SCC(CC)CC. The van der Waals surface area contributed by atoms with Crippen LogP contribution in [0.3, 0.4) is 0 Å². The predicted molar refractivity (Wildman–Crippen MR) is 55.9 cm³/mol. The van der Waals surface area contributed by atoms with Gasteiger partial charge in [0.25, 0.3) is 0 Å². The summed E-state index contributed by atoms with van der Waals surface area (Å²) < 4.78 is 0. The zero-order valence-electron chi connectivity index (χ0n) is 7.60. The molecular weight excluding hydrogens is 152 g/mol. The van der Waals surface area contributed by atoms with Gasteiger partial charge < -0.3 is 0 Å². The fourth-order valence-electron chi connectivity index (χ4n) is 0.808. The van der Waals surface area contributed by atoms with Crippen LogP contribution in [0.5, 0.6) is 0 Å². The molecule has 64 valence electrons. The minimum atomic E-state index is 0.844. The summed E-state index contributed by atoms with van der Waals surface area (Å²) in [6, 6.07) is 0. The molecule has 0 aliphatic carbocycles. The first-order chi connectivity index (χ1) is 5.24. The van der Waals surface area contributed by atoms with E-state index in [0.29, 0.717) is 0 Å². The molecule has 0 heterocycles. The Hall–Kier alpha value is -0.170. The normalized spacial score (nSPS) is 10.1. The van der Waals surface area contributed by atoms with Crippen molar-refractivity contribution < 1.29 is 0 Å². The smallest absolute Gasteiger partial charge is 0.000796 e. The van der Waals surface area contributed by atoms with Gasteiger partial charge in [0, 0.05) is 5.75 Å². The molecule has 0 rings (SSSR count). The van der Waals surface area contributed by atoms with Gasteiger partial charge in [-0.25, -0.2) is 0 Å². The Morgan fingerprint density at radius 1 is 1.45 bits per heavy atom. The average Bonchev–Trinajstić information content (AvgIpc) is 2.06. The van der Waals surface area contributed by atoms with E-state index in [1.165, 1.54) is 18.6 Å². The Labute approximate surface area is 74.8 Å². The predicted octanol–water partition coefficient (Wildman–Crippen LogP) is 3.86. The van der Waals surface area contributed by atoms with Crippen molar-refractivity contribution in [1.29, 1.82) is 0 Å². The quantitative estimate of drug-likeness (QED) is 0.545. The number of rotatable bonds is 6. The highest BCUT2D eigenvalue weighted by Gasteiger charge is 2.02. The molecule has 0 fully saturated rings. The molecule has 11 heavy (non-hydrogen) atoms. The van der Waals surface area contributed by atoms with Crippen LogP contribution in [-0.2, 0) is 0 Å². The zero-order chi connectivity index (χ0) is 8.69. The van der Waals surface area contributed by atoms with E-state index in [4.69, 9.17) is 0 Å². The van der Waals surface area contributed by atoms with E-state index in [0.717, 1.165) is 10.8 Å². The Morgan fingerprint density at radius 2 is 2.00 bits per heavy atom. The minimum absolute atomic E-state index is 0.844. The highest BCUT2D eigenvalue weighted by Crippen LogP contribution is 2.21. The lowest BCUT2D eigenvalue weighted by atomic mass is 10.1. The van der Waals surface area contributed by atoms with Crippen molar-refractivity contribution in [2.24, 2.45) is 5.92 Å². The largest absolute Gasteiger partial charge is 0.127 e. The molecule has 0 aromatic rings. The van der Waals surface area contributed by atoms with E-state index in [9.17, 15) is 0 Å². The van der Waals surface area contributed by atoms with Crippen molar-refractivity contribution in [3.05, 3.63) is 24.1 Å². The van der Waals surface area contributed by atoms with Crippen LogP contribution in [-0.4, -0.2) is 5.75 Å². The third-order valence-electron chi connectivity index (χ3n) is 1.89. The van der Waals surface area contributed by atoms with Gasteiger partial charge in [-0.3, -0.25) is 0 Å². The van der Waals surface area contributed by atoms with Crippen LogP contribution in [0.2, 0.25) is 0 Å². The van der Waals surface area contributed by atoms with Gasteiger partial charge in [0.05, 0.1) is 0 Å². The van der Waals surface area contributed by atoms with Crippen LogP contribution in [0.4, 0.5) is 0 Å². The maximum absolute atomic E-state index is 3.86. The number of thioether (sulfide) groups is 1. The van der Waals surface area contributed by atoms with Gasteiger partial charge in [-0.05, 0) is 10.8 Å². The third kappa shape index (κ3) is 5.14. The molecule has 0 bridgehead atoms. The molecule has 0 nitrogen and oxygen atoms in total. The van der Waals surface area contributed by atoms with E-state index in [-0.39, 0.29) is 0 Å². The monoisotopic (exact) mass is 170 g/mol. The number of allylic oxidation sites excluding steroid dienone is 1. The summed E-state index contributed by atoms with van der Waals surface area (Å²) in [5.74, 6) is 2.04. The lowest BCUT2D eigenvalue weighted by Crippen LogP contribution is -1.99. The topological polar surface area (TPSA) is 0 Å². The molecule has 0 aromatic heterocycles. The number of hydrogen-bond acceptors (Lipinski definition) is 1. The highest BCUT2D eigenvalue weighted by molar-refractivity contribution is 8.03. The first kappa shape index (κ1) is 10.8. The summed E-state index contributed by atoms with van der Waals surface area (Å²) in [7, 11) is 0. The molecule has 0 amide bonds. The molecule has 0 saturated carbocycles. The van der Waals surface area contributed by atoms with Crippen molar-refractivity contribution >= 4 is 11.8 Å². The highest BCUT2D eigenvalue weighted by atomic mass is 32.2. The molecule has 0 unspecified atom stereocenters. The summed E-state index contributed by atoms with van der Waals surface area (Å²) in [5.41, 5.74) is 0. The molecule has 0 aliphatic heterocycles. The second-order valence-corrected chi connectivity index (χ2v) is 3.81. The lowest BCUT2D eigenvalue weighted by molar-refractivity contribution is 0.554. The Bertz CT molecular complexity index is 123. The fraction of sp³-hybridized carbons (Fsp3) is 0.600. The third-order valence-corrected chi connectivity index (χ3v) is 3.06. The van der Waals surface area contributed by atoms with Crippen molar-refractivity contribution in [2.75, 3.05) is 5.75 Å². The summed E-state index contributed by atoms with van der Waals surface area (Å²) in [6.45, 7) is 12.0. The Kier molecular flexibility index (Phi) is 6.43. The van der Waals surface area contributed by atoms with Gasteiger partial charge in [-0.15, -0.1) is 11.8 Å². The van der Waals surface area contributed by atoms with Crippen LogP contribution < -0.4 is 0 Å². The van der Waals surface area contributed by atoms with E-state index in [1.807, 2.05) is 17.8 Å². The molecule has 0 saturated heterocycles. The van der Waals surface area contributed by atoms with E-state index < -0.39 is 0 Å². The van der Waals surface area contributed by atoms with Crippen LogP contribution in [0, 0.1) is 5.92 Å². The minimum Gasteiger partial charge on any atom is -0.127 e. The molecule has 0 N–H and O–H groups in total. The lowest BCUT2D eigenvalue weighted by Gasteiger charge is -2.10. The standard InChI is InChI=1S/C10H18S/c1-5-9(4)11-8-10(6-2)7-3/h5,10H,1,4,6-8H2,2-3H3. The fourth-order valence-corrected chi connectivity index (χ4v) is 1.85. The number of hydrogen-bond donors (Lipinski definition) is 0. The van der Waals surface area contributed by atoms with Gasteiger partial charge >= 0.3 is 0 Å². The first-order valence-electron chi connectivity index (χ1n) is 4.18. The van der Waals surface area contributed by atoms with Crippen LogP contribution in [0.1, 0.15) is 26.7 Å². The van der Waals surface area contributed by atoms with Crippen molar-refractivity contribution in [1.82, 2.24) is 0 Å². The maximum Gasteiger partial charge on any atom is 0.000796 e. The van der Waals surface area contributed by atoms with E-state index >= 15 is 0 Å². The molecule has 0 atom stereocenters. The van der Waals surface area contributed by atoms with Gasteiger partial charge in [-0.2, -0.15) is 0 Å². The summed E-state index contributed by atoms with van der Waals surface area (Å²) >= 11 is 1.82. The second-order valence-electron chi connectivity index (χ2n) is 2.66. The first-order valence-corrected chi connectivity index (χ1v) is 5.17. The van der Waals surface area contributed by atoms with Gasteiger partial charge in [0.2, 0.25) is 0 Å². The van der Waals surface area contributed by atoms with Gasteiger partial charge in [0.15, 0.2) is 0 Å². The molecular formula is C10H18S. The Morgan fingerprint density at radius 3 is 2.36 bits per heavy atom. The van der Waals surface area contributed by atoms with Crippen LogP contribution >= 0.6 is 11.8 Å². The van der Waals surface area contributed by atoms with Crippen LogP contribution in [0.15, 0.2) is 24.1 Å². The van der Waals surface area contributed by atoms with Crippen molar-refractivity contribution in [3.8, 4) is 0 Å². The summed E-state index contributed by atoms with van der Waals surface area (Å²) in [6.07, 6.45) is 4.37. The van der Waals surface area contributed by atoms with E-state index in [1.54, 1.807) is 0 Å². The van der Waals surface area contributed by atoms with Gasteiger partial charge in [-0.1, -0.05) is 45.9 Å².